The summed E-state index contributed by atoms with van der Waals surface area (Å²) in [4.78, 5) is 25.6. The van der Waals surface area contributed by atoms with E-state index in [-0.39, 0.29) is 12.0 Å². The normalized spacial score (nSPS) is 21.7. The van der Waals surface area contributed by atoms with Gasteiger partial charge in [-0.05, 0) is 37.0 Å². The van der Waals surface area contributed by atoms with Gasteiger partial charge >= 0.3 is 5.97 Å². The van der Waals surface area contributed by atoms with Crippen molar-refractivity contribution in [3.8, 4) is 0 Å². The van der Waals surface area contributed by atoms with Gasteiger partial charge < -0.3 is 14.4 Å². The number of ether oxygens (including phenoxy) is 2. The summed E-state index contributed by atoms with van der Waals surface area (Å²) in [5.74, 6) is 0.234. The van der Waals surface area contributed by atoms with Crippen LogP contribution in [0.5, 0.6) is 0 Å². The van der Waals surface area contributed by atoms with Crippen LogP contribution in [0.3, 0.4) is 0 Å². The molecule has 0 N–H and O–H groups in total. The summed E-state index contributed by atoms with van der Waals surface area (Å²) in [6, 6.07) is 6.95. The Morgan fingerprint density at radius 2 is 2.14 bits per heavy atom. The van der Waals surface area contributed by atoms with Crippen molar-refractivity contribution >= 4 is 17.6 Å². The number of esters is 1. The van der Waals surface area contributed by atoms with E-state index in [0.717, 1.165) is 5.69 Å². The second-order valence-corrected chi connectivity index (χ2v) is 5.59. The van der Waals surface area contributed by atoms with Crippen molar-refractivity contribution in [1.29, 1.82) is 0 Å². The van der Waals surface area contributed by atoms with Gasteiger partial charge in [0, 0.05) is 18.7 Å². The lowest BCUT2D eigenvalue weighted by atomic mass is 10.2. The summed E-state index contributed by atoms with van der Waals surface area (Å²) >= 11 is 0. The third-order valence-corrected chi connectivity index (χ3v) is 3.97. The van der Waals surface area contributed by atoms with Crippen LogP contribution in [-0.2, 0) is 14.3 Å². The number of hydrogen-bond acceptors (Lipinski definition) is 4. The number of benzene rings is 1. The predicted octanol–water partition coefficient (Wildman–Crippen LogP) is 2.01. The average Bonchev–Trinajstić information content (AvgIpc) is 3.27. The molecule has 0 bridgehead atoms. The van der Waals surface area contributed by atoms with Gasteiger partial charge in [-0.1, -0.05) is 6.07 Å². The Bertz CT molecular complexity index is 553. The van der Waals surface area contributed by atoms with Gasteiger partial charge in [0.1, 0.15) is 6.10 Å². The third-order valence-electron chi connectivity index (χ3n) is 3.97. The van der Waals surface area contributed by atoms with Gasteiger partial charge in [-0.15, -0.1) is 0 Å². The summed E-state index contributed by atoms with van der Waals surface area (Å²) < 4.78 is 10.4. The van der Waals surface area contributed by atoms with Crippen molar-refractivity contribution in [2.75, 3.05) is 25.2 Å². The predicted molar refractivity (Wildman–Crippen MR) is 77.2 cm³/mol. The molecular formula is C16H19NO4. The van der Waals surface area contributed by atoms with Gasteiger partial charge in [0.15, 0.2) is 0 Å². The van der Waals surface area contributed by atoms with Gasteiger partial charge in [-0.3, -0.25) is 4.79 Å². The Balaban J connectivity index is 1.68. The highest BCUT2D eigenvalue weighted by Gasteiger charge is 2.35. The minimum Gasteiger partial charge on any atom is -0.465 e. The van der Waals surface area contributed by atoms with Crippen LogP contribution in [0.25, 0.3) is 0 Å². The lowest BCUT2D eigenvalue weighted by molar-refractivity contribution is -0.127. The zero-order valence-corrected chi connectivity index (χ0v) is 12.1. The maximum absolute atomic E-state index is 12.4. The summed E-state index contributed by atoms with van der Waals surface area (Å²) in [5.41, 5.74) is 1.17. The number of hydrogen-bond donors (Lipinski definition) is 0. The number of methoxy groups -OCH3 is 1. The highest BCUT2D eigenvalue weighted by Crippen LogP contribution is 2.31. The van der Waals surface area contributed by atoms with E-state index in [9.17, 15) is 9.59 Å². The van der Waals surface area contributed by atoms with Crippen molar-refractivity contribution in [3.05, 3.63) is 29.8 Å². The Kier molecular flexibility index (Phi) is 3.92. The van der Waals surface area contributed by atoms with Gasteiger partial charge in [0.25, 0.3) is 5.91 Å². The van der Waals surface area contributed by atoms with Crippen LogP contribution in [0.4, 0.5) is 5.69 Å². The molecule has 1 saturated carbocycles. The summed E-state index contributed by atoms with van der Waals surface area (Å²) in [6.07, 6.45) is 2.79. The molecule has 1 aliphatic heterocycles. The smallest absolute Gasteiger partial charge is 0.337 e. The first-order valence-electron chi connectivity index (χ1n) is 7.30. The zero-order valence-electron chi connectivity index (χ0n) is 12.1. The van der Waals surface area contributed by atoms with Crippen LogP contribution in [-0.4, -0.2) is 38.2 Å². The number of carbonyl (C=O) groups is 2. The Labute approximate surface area is 123 Å². The molecule has 1 saturated heterocycles. The van der Waals surface area contributed by atoms with Gasteiger partial charge in [-0.2, -0.15) is 0 Å². The topological polar surface area (TPSA) is 55.8 Å². The van der Waals surface area contributed by atoms with E-state index in [1.165, 1.54) is 20.0 Å². The SMILES string of the molecule is COC(=O)c1cccc(N2CCC(OCC3CC3)C2=O)c1. The molecule has 1 aromatic carbocycles. The van der Waals surface area contributed by atoms with Crippen LogP contribution >= 0.6 is 0 Å². The minimum atomic E-state index is -0.398. The van der Waals surface area contributed by atoms with Crippen molar-refractivity contribution in [1.82, 2.24) is 0 Å². The van der Waals surface area contributed by atoms with Crippen LogP contribution in [0.15, 0.2) is 24.3 Å². The summed E-state index contributed by atoms with van der Waals surface area (Å²) in [5, 5.41) is 0. The lowest BCUT2D eigenvalue weighted by Gasteiger charge is -2.17. The molecule has 1 aliphatic carbocycles. The first-order valence-corrected chi connectivity index (χ1v) is 7.30. The number of rotatable bonds is 5. The number of amides is 1. The molecule has 3 rings (SSSR count). The van der Waals surface area contributed by atoms with Crippen LogP contribution in [0.1, 0.15) is 29.6 Å². The molecule has 21 heavy (non-hydrogen) atoms. The maximum Gasteiger partial charge on any atom is 0.337 e. The second kappa shape index (κ2) is 5.85. The summed E-state index contributed by atoms with van der Waals surface area (Å²) in [6.45, 7) is 1.31. The average molecular weight is 289 g/mol. The minimum absolute atomic E-state index is 0.0161. The lowest BCUT2D eigenvalue weighted by Crippen LogP contribution is -2.31. The van der Waals surface area contributed by atoms with E-state index in [2.05, 4.69) is 0 Å². The zero-order chi connectivity index (χ0) is 14.8. The molecule has 5 heteroatoms. The highest BCUT2D eigenvalue weighted by molar-refractivity contribution is 6.00. The Morgan fingerprint density at radius 1 is 1.33 bits per heavy atom. The molecule has 2 fully saturated rings. The van der Waals surface area contributed by atoms with Crippen LogP contribution in [0, 0.1) is 5.92 Å². The third kappa shape index (κ3) is 3.08. The largest absolute Gasteiger partial charge is 0.465 e. The Hall–Kier alpha value is -1.88. The summed E-state index contributed by atoms with van der Waals surface area (Å²) in [7, 11) is 1.35. The first kappa shape index (κ1) is 14.1. The van der Waals surface area contributed by atoms with Gasteiger partial charge in [-0.25, -0.2) is 4.79 Å². The van der Waals surface area contributed by atoms with Crippen molar-refractivity contribution in [3.63, 3.8) is 0 Å². The number of nitrogens with zero attached hydrogens (tertiary/aromatic N) is 1. The molecule has 1 unspecified atom stereocenters. The quantitative estimate of drug-likeness (QED) is 0.778. The molecule has 0 radical (unpaired) electrons. The molecular weight excluding hydrogens is 270 g/mol. The molecule has 1 aromatic rings. The molecule has 0 spiro atoms. The second-order valence-electron chi connectivity index (χ2n) is 5.59. The standard InChI is InChI=1S/C16H19NO4/c1-20-16(19)12-3-2-4-13(9-12)17-8-7-14(15(17)18)21-10-11-5-6-11/h2-4,9,11,14H,5-8,10H2,1H3. The van der Waals surface area contributed by atoms with Crippen LogP contribution < -0.4 is 4.90 Å². The molecule has 0 aromatic heterocycles. The van der Waals surface area contributed by atoms with E-state index in [1.807, 2.05) is 6.07 Å². The van der Waals surface area contributed by atoms with Crippen LogP contribution in [0.2, 0.25) is 0 Å². The van der Waals surface area contributed by atoms with Gasteiger partial charge in [0.05, 0.1) is 19.3 Å². The molecule has 1 amide bonds. The fraction of sp³-hybridized carbons (Fsp3) is 0.500. The molecule has 2 aliphatic rings. The molecule has 5 nitrogen and oxygen atoms in total. The van der Waals surface area contributed by atoms with Crippen molar-refractivity contribution in [2.24, 2.45) is 5.92 Å². The fourth-order valence-corrected chi connectivity index (χ4v) is 2.52. The van der Waals surface area contributed by atoms with E-state index >= 15 is 0 Å². The van der Waals surface area contributed by atoms with E-state index in [1.54, 1.807) is 23.1 Å². The van der Waals surface area contributed by atoms with Crippen molar-refractivity contribution < 1.29 is 19.1 Å². The first-order chi connectivity index (χ1) is 10.2. The fourth-order valence-electron chi connectivity index (χ4n) is 2.52. The maximum atomic E-state index is 12.4. The molecule has 1 atom stereocenters. The van der Waals surface area contributed by atoms with E-state index < -0.39 is 5.97 Å². The van der Waals surface area contributed by atoms with E-state index in [0.29, 0.717) is 31.1 Å². The highest BCUT2D eigenvalue weighted by atomic mass is 16.5. The van der Waals surface area contributed by atoms with Gasteiger partial charge in [0.2, 0.25) is 0 Å². The Morgan fingerprint density at radius 3 is 2.86 bits per heavy atom. The van der Waals surface area contributed by atoms with E-state index in [4.69, 9.17) is 9.47 Å². The molecule has 1 heterocycles. The molecule has 112 valence electrons. The number of carbonyl (C=O) groups excluding carboxylic acids is 2. The number of anilines is 1. The monoisotopic (exact) mass is 289 g/mol. The van der Waals surface area contributed by atoms with Crippen molar-refractivity contribution in [2.45, 2.75) is 25.4 Å².